The van der Waals surface area contributed by atoms with Crippen LogP contribution in [0.25, 0.3) is 5.65 Å². The van der Waals surface area contributed by atoms with Crippen LogP contribution in [0, 0.1) is 0 Å². The molecule has 2 aromatic heterocycles. The molecule has 92 valence electrons. The number of aromatic nitrogens is 4. The van der Waals surface area contributed by atoms with Crippen LogP contribution >= 0.6 is 0 Å². The third kappa shape index (κ3) is 2.28. The molecule has 0 aliphatic carbocycles. The Balaban J connectivity index is 2.30. The highest BCUT2D eigenvalue weighted by Crippen LogP contribution is 2.11. The fourth-order valence-electron chi connectivity index (χ4n) is 1.67. The number of nitrogens with one attached hydrogen (secondary N) is 1. The zero-order valence-corrected chi connectivity index (χ0v) is 9.63. The van der Waals surface area contributed by atoms with Crippen molar-refractivity contribution in [1.29, 1.82) is 0 Å². The van der Waals surface area contributed by atoms with Gasteiger partial charge in [0.1, 0.15) is 12.1 Å². The molecule has 0 saturated heterocycles. The van der Waals surface area contributed by atoms with Crippen LogP contribution < -0.4 is 10.6 Å². The molecule has 0 atom stereocenters. The molecule has 0 spiro atoms. The predicted octanol–water partition coefficient (Wildman–Crippen LogP) is -0.374. The number of nitrogens with zero attached hydrogens (tertiary/aromatic N) is 4. The molecule has 0 unspecified atom stereocenters. The fraction of sp³-hybridized carbons (Fsp3) is 0.500. The van der Waals surface area contributed by atoms with E-state index in [1.165, 1.54) is 10.7 Å². The molecule has 0 amide bonds. The van der Waals surface area contributed by atoms with E-state index < -0.39 is 0 Å². The Morgan fingerprint density at radius 2 is 2.41 bits per heavy atom. The minimum absolute atomic E-state index is 0.153. The van der Waals surface area contributed by atoms with Crippen LogP contribution in [0.1, 0.15) is 13.3 Å². The molecule has 2 N–H and O–H groups in total. The molecule has 0 aliphatic rings. The molecule has 0 aromatic carbocycles. The summed E-state index contributed by atoms with van der Waals surface area (Å²) < 4.78 is 1.35. The van der Waals surface area contributed by atoms with E-state index in [-0.39, 0.29) is 12.3 Å². The molecule has 2 rings (SSSR count). The van der Waals surface area contributed by atoms with E-state index in [0.717, 1.165) is 18.9 Å². The van der Waals surface area contributed by atoms with Crippen molar-refractivity contribution in [3.05, 3.63) is 22.9 Å². The average molecular weight is 237 g/mol. The molecule has 17 heavy (non-hydrogen) atoms. The quantitative estimate of drug-likeness (QED) is 0.740. The summed E-state index contributed by atoms with van der Waals surface area (Å²) in [6, 6.07) is 1.75. The van der Waals surface area contributed by atoms with Gasteiger partial charge in [-0.1, -0.05) is 0 Å². The lowest BCUT2D eigenvalue weighted by Gasteiger charge is -2.21. The monoisotopic (exact) mass is 237 g/mol. The van der Waals surface area contributed by atoms with Crippen LogP contribution in [-0.4, -0.2) is 44.4 Å². The Morgan fingerprint density at radius 3 is 3.12 bits per heavy atom. The zero-order chi connectivity index (χ0) is 12.3. The van der Waals surface area contributed by atoms with E-state index in [2.05, 4.69) is 15.2 Å². The number of hydrogen-bond donors (Lipinski definition) is 2. The van der Waals surface area contributed by atoms with E-state index in [0.29, 0.717) is 12.1 Å². The second-order valence-corrected chi connectivity index (χ2v) is 3.66. The van der Waals surface area contributed by atoms with E-state index in [4.69, 9.17) is 5.11 Å². The first-order valence-corrected chi connectivity index (χ1v) is 5.55. The summed E-state index contributed by atoms with van der Waals surface area (Å²) in [6.07, 6.45) is 2.15. The summed E-state index contributed by atoms with van der Waals surface area (Å²) >= 11 is 0. The van der Waals surface area contributed by atoms with Crippen molar-refractivity contribution in [1.82, 2.24) is 19.6 Å². The first-order chi connectivity index (χ1) is 8.26. The maximum atomic E-state index is 11.3. The molecule has 0 bridgehead atoms. The molecule has 0 aliphatic heterocycles. The van der Waals surface area contributed by atoms with Gasteiger partial charge in [-0.25, -0.2) is 19.3 Å². The zero-order valence-electron chi connectivity index (χ0n) is 9.63. The molecular weight excluding hydrogens is 222 g/mol. The van der Waals surface area contributed by atoms with Crippen molar-refractivity contribution in [2.75, 3.05) is 24.6 Å². The van der Waals surface area contributed by atoms with Crippen LogP contribution in [0.4, 0.5) is 5.82 Å². The van der Waals surface area contributed by atoms with Gasteiger partial charge in [-0.15, -0.1) is 0 Å². The second-order valence-electron chi connectivity index (χ2n) is 3.66. The maximum absolute atomic E-state index is 11.3. The van der Waals surface area contributed by atoms with Gasteiger partial charge in [-0.05, 0) is 13.3 Å². The topological polar surface area (TPSA) is 86.5 Å². The number of H-pyrrole nitrogens is 1. The van der Waals surface area contributed by atoms with Gasteiger partial charge in [0.15, 0.2) is 5.65 Å². The molecule has 0 radical (unpaired) electrons. The van der Waals surface area contributed by atoms with Crippen molar-refractivity contribution in [2.24, 2.45) is 0 Å². The minimum atomic E-state index is -0.294. The van der Waals surface area contributed by atoms with Crippen LogP contribution in [-0.2, 0) is 0 Å². The first-order valence-electron chi connectivity index (χ1n) is 5.55. The van der Waals surface area contributed by atoms with Crippen LogP contribution in [0.2, 0.25) is 0 Å². The van der Waals surface area contributed by atoms with Gasteiger partial charge in [0, 0.05) is 25.8 Å². The Bertz CT molecular complexity index is 547. The van der Waals surface area contributed by atoms with Gasteiger partial charge in [0.2, 0.25) is 0 Å². The largest absolute Gasteiger partial charge is 0.396 e. The second kappa shape index (κ2) is 4.96. The van der Waals surface area contributed by atoms with E-state index in [1.54, 1.807) is 6.07 Å². The number of hydrogen-bond acceptors (Lipinski definition) is 5. The van der Waals surface area contributed by atoms with E-state index >= 15 is 0 Å². The smallest absolute Gasteiger partial charge is 0.348 e. The number of rotatable bonds is 5. The van der Waals surface area contributed by atoms with Crippen molar-refractivity contribution < 1.29 is 5.11 Å². The van der Waals surface area contributed by atoms with Crippen LogP contribution in [0.5, 0.6) is 0 Å². The summed E-state index contributed by atoms with van der Waals surface area (Å²) in [7, 11) is 0. The fourth-order valence-corrected chi connectivity index (χ4v) is 1.67. The van der Waals surface area contributed by atoms with Crippen LogP contribution in [0.15, 0.2) is 17.2 Å². The Morgan fingerprint density at radius 1 is 1.59 bits per heavy atom. The summed E-state index contributed by atoms with van der Waals surface area (Å²) in [5, 5.41) is 15.1. The molecule has 0 saturated carbocycles. The lowest BCUT2D eigenvalue weighted by atomic mass is 10.3. The van der Waals surface area contributed by atoms with E-state index in [9.17, 15) is 4.79 Å². The third-order valence-corrected chi connectivity index (χ3v) is 2.59. The molecule has 2 aromatic rings. The van der Waals surface area contributed by atoms with E-state index in [1.807, 2.05) is 11.8 Å². The summed E-state index contributed by atoms with van der Waals surface area (Å²) in [6.45, 7) is 3.68. The van der Waals surface area contributed by atoms with Gasteiger partial charge in [0.05, 0.1) is 0 Å². The highest BCUT2D eigenvalue weighted by Gasteiger charge is 2.08. The normalized spacial score (nSPS) is 10.9. The molecule has 7 heteroatoms. The maximum Gasteiger partial charge on any atom is 0.348 e. The third-order valence-electron chi connectivity index (χ3n) is 2.59. The Hall–Kier alpha value is -1.89. The lowest BCUT2D eigenvalue weighted by Crippen LogP contribution is -2.26. The number of aliphatic hydroxyl groups excluding tert-OH is 1. The number of fused-ring (bicyclic) bond motifs is 1. The van der Waals surface area contributed by atoms with Crippen molar-refractivity contribution in [2.45, 2.75) is 13.3 Å². The molecule has 0 fully saturated rings. The first kappa shape index (κ1) is 11.6. The van der Waals surface area contributed by atoms with Gasteiger partial charge >= 0.3 is 5.69 Å². The summed E-state index contributed by atoms with van der Waals surface area (Å²) in [5.41, 5.74) is 0.250. The number of aliphatic hydroxyl groups is 1. The predicted molar refractivity (Wildman–Crippen MR) is 63.2 cm³/mol. The summed E-state index contributed by atoms with van der Waals surface area (Å²) in [5.74, 6) is 0.757. The minimum Gasteiger partial charge on any atom is -0.396 e. The van der Waals surface area contributed by atoms with Gasteiger partial charge in [-0.3, -0.25) is 0 Å². The highest BCUT2D eigenvalue weighted by molar-refractivity contribution is 5.49. The van der Waals surface area contributed by atoms with Gasteiger partial charge < -0.3 is 10.0 Å². The number of aromatic amines is 1. The number of anilines is 1. The SMILES string of the molecule is CCN(CCCO)c1cc2n[nH]c(=O)n2cn1. The lowest BCUT2D eigenvalue weighted by molar-refractivity contribution is 0.289. The van der Waals surface area contributed by atoms with Crippen molar-refractivity contribution in [3.8, 4) is 0 Å². The Labute approximate surface area is 97.7 Å². The highest BCUT2D eigenvalue weighted by atomic mass is 16.3. The summed E-state index contributed by atoms with van der Waals surface area (Å²) in [4.78, 5) is 17.5. The van der Waals surface area contributed by atoms with Crippen molar-refractivity contribution >= 4 is 11.5 Å². The Kier molecular flexibility index (Phi) is 3.38. The van der Waals surface area contributed by atoms with Gasteiger partial charge in [0.25, 0.3) is 0 Å². The molecular formula is C10H15N5O2. The average Bonchev–Trinajstić information content (AvgIpc) is 2.72. The standard InChI is InChI=1S/C10H15N5O2/c1-2-14(4-3-5-16)8-6-9-12-13-10(17)15(9)7-11-8/h6-7,16H,2-5H2,1H3,(H,13,17). The van der Waals surface area contributed by atoms with Gasteiger partial charge in [-0.2, -0.15) is 5.10 Å². The van der Waals surface area contributed by atoms with Crippen molar-refractivity contribution in [3.63, 3.8) is 0 Å². The molecule has 7 nitrogen and oxygen atoms in total. The van der Waals surface area contributed by atoms with Crippen LogP contribution in [0.3, 0.4) is 0 Å². The molecule has 2 heterocycles.